The fraction of sp³-hybridized carbons (Fsp3) is 0.562. The van der Waals surface area contributed by atoms with Gasteiger partial charge < -0.3 is 15.8 Å². The molecule has 1 aliphatic rings. The van der Waals surface area contributed by atoms with Crippen molar-refractivity contribution in [1.29, 1.82) is 0 Å². The van der Waals surface area contributed by atoms with Crippen LogP contribution < -0.4 is 15.8 Å². The normalized spacial score (nSPS) is 19.2. The molecular formula is C16H24N2O2. The molecule has 0 spiro atoms. The summed E-state index contributed by atoms with van der Waals surface area (Å²) in [5, 5.41) is 3.51. The van der Waals surface area contributed by atoms with E-state index in [1.807, 2.05) is 19.1 Å². The van der Waals surface area contributed by atoms with Crippen LogP contribution in [0.1, 0.15) is 50.3 Å². The average Bonchev–Trinajstić information content (AvgIpc) is 2.45. The first-order chi connectivity index (χ1) is 9.67. The van der Waals surface area contributed by atoms with Gasteiger partial charge in [0.15, 0.2) is 6.10 Å². The van der Waals surface area contributed by atoms with Gasteiger partial charge in [-0.05, 0) is 49.4 Å². The lowest BCUT2D eigenvalue weighted by Gasteiger charge is -2.28. The van der Waals surface area contributed by atoms with Gasteiger partial charge in [-0.15, -0.1) is 0 Å². The van der Waals surface area contributed by atoms with Crippen molar-refractivity contribution >= 4 is 5.91 Å². The highest BCUT2D eigenvalue weighted by atomic mass is 16.5. The van der Waals surface area contributed by atoms with E-state index in [0.717, 1.165) is 31.6 Å². The van der Waals surface area contributed by atoms with Crippen molar-refractivity contribution in [3.63, 3.8) is 0 Å². The van der Waals surface area contributed by atoms with Crippen LogP contribution in [0.15, 0.2) is 18.2 Å². The number of carbonyl (C=O) groups excluding carboxylic acids is 1. The predicted octanol–water partition coefficient (Wildman–Crippen LogP) is 2.32. The first kappa shape index (κ1) is 14.9. The standard InChI is InChI=1S/C16H24N2O2/c1-3-14(16(17)19)20-15-10-6-7-11-12(15)8-5-9-13(11)18-4-2/h6-7,10,13-14,18H,3-5,8-9H2,1-2H3,(H2,17,19). The Morgan fingerprint density at radius 1 is 1.50 bits per heavy atom. The smallest absolute Gasteiger partial charge is 0.258 e. The van der Waals surface area contributed by atoms with Gasteiger partial charge in [-0.3, -0.25) is 4.79 Å². The van der Waals surface area contributed by atoms with Crippen molar-refractivity contribution in [2.75, 3.05) is 6.54 Å². The van der Waals surface area contributed by atoms with Crippen molar-refractivity contribution < 1.29 is 9.53 Å². The van der Waals surface area contributed by atoms with E-state index in [2.05, 4.69) is 18.3 Å². The maximum atomic E-state index is 11.4. The number of nitrogens with two attached hydrogens (primary N) is 1. The van der Waals surface area contributed by atoms with Crippen LogP contribution in [0, 0.1) is 0 Å². The molecule has 0 bridgehead atoms. The third-order valence-corrected chi connectivity index (χ3v) is 3.87. The lowest BCUT2D eigenvalue weighted by molar-refractivity contribution is -0.124. The van der Waals surface area contributed by atoms with Crippen molar-refractivity contribution in [2.45, 2.75) is 51.7 Å². The van der Waals surface area contributed by atoms with Crippen LogP contribution in [0.5, 0.6) is 5.75 Å². The van der Waals surface area contributed by atoms with E-state index in [0.29, 0.717) is 12.5 Å². The number of nitrogens with one attached hydrogen (secondary N) is 1. The molecular weight excluding hydrogens is 252 g/mol. The first-order valence-corrected chi connectivity index (χ1v) is 7.48. The minimum Gasteiger partial charge on any atom is -0.480 e. The zero-order chi connectivity index (χ0) is 14.5. The topological polar surface area (TPSA) is 64.3 Å². The summed E-state index contributed by atoms with van der Waals surface area (Å²) in [5.41, 5.74) is 7.90. The summed E-state index contributed by atoms with van der Waals surface area (Å²) in [5.74, 6) is 0.417. The molecule has 0 radical (unpaired) electrons. The number of primary amides is 1. The zero-order valence-corrected chi connectivity index (χ0v) is 12.3. The Labute approximate surface area is 120 Å². The van der Waals surface area contributed by atoms with Gasteiger partial charge in [-0.2, -0.15) is 0 Å². The highest BCUT2D eigenvalue weighted by Crippen LogP contribution is 2.35. The third-order valence-electron chi connectivity index (χ3n) is 3.87. The first-order valence-electron chi connectivity index (χ1n) is 7.48. The lowest BCUT2D eigenvalue weighted by atomic mass is 9.87. The van der Waals surface area contributed by atoms with Gasteiger partial charge >= 0.3 is 0 Å². The van der Waals surface area contributed by atoms with Gasteiger partial charge in [0.1, 0.15) is 5.75 Å². The van der Waals surface area contributed by atoms with Gasteiger partial charge in [0.05, 0.1) is 0 Å². The molecule has 2 atom stereocenters. The van der Waals surface area contributed by atoms with Crippen LogP contribution in [0.25, 0.3) is 0 Å². The highest BCUT2D eigenvalue weighted by molar-refractivity contribution is 5.79. The molecule has 1 amide bonds. The molecule has 110 valence electrons. The fourth-order valence-corrected chi connectivity index (χ4v) is 2.88. The molecule has 2 unspecified atom stereocenters. The SMILES string of the molecule is CCNC1CCCc2c(OC(CC)C(N)=O)cccc21. The van der Waals surface area contributed by atoms with Crippen LogP contribution in [0.2, 0.25) is 0 Å². The van der Waals surface area contributed by atoms with Gasteiger partial charge in [0, 0.05) is 6.04 Å². The Bertz CT molecular complexity index is 474. The van der Waals surface area contributed by atoms with Crippen LogP contribution in [-0.4, -0.2) is 18.6 Å². The number of hydrogen-bond donors (Lipinski definition) is 2. The van der Waals surface area contributed by atoms with E-state index in [1.165, 1.54) is 11.1 Å². The fourth-order valence-electron chi connectivity index (χ4n) is 2.88. The predicted molar refractivity (Wildman–Crippen MR) is 79.7 cm³/mol. The summed E-state index contributed by atoms with van der Waals surface area (Å²) in [4.78, 5) is 11.4. The molecule has 4 heteroatoms. The number of amides is 1. The summed E-state index contributed by atoms with van der Waals surface area (Å²) in [7, 11) is 0. The van der Waals surface area contributed by atoms with Crippen LogP contribution in [0.4, 0.5) is 0 Å². The summed E-state index contributed by atoms with van der Waals surface area (Å²) in [6, 6.07) is 6.48. The molecule has 0 saturated carbocycles. The average molecular weight is 276 g/mol. The molecule has 0 aromatic heterocycles. The molecule has 0 saturated heterocycles. The summed E-state index contributed by atoms with van der Waals surface area (Å²) < 4.78 is 5.85. The van der Waals surface area contributed by atoms with Gasteiger partial charge in [-0.1, -0.05) is 26.0 Å². The van der Waals surface area contributed by atoms with Crippen molar-refractivity contribution in [1.82, 2.24) is 5.32 Å². The van der Waals surface area contributed by atoms with Crippen LogP contribution >= 0.6 is 0 Å². The third kappa shape index (κ3) is 3.12. The maximum absolute atomic E-state index is 11.4. The van der Waals surface area contributed by atoms with Crippen LogP contribution in [0.3, 0.4) is 0 Å². The van der Waals surface area contributed by atoms with E-state index >= 15 is 0 Å². The summed E-state index contributed by atoms with van der Waals surface area (Å²) in [6.07, 6.45) is 3.34. The lowest BCUT2D eigenvalue weighted by Crippen LogP contribution is -2.33. The Balaban J connectivity index is 2.27. The molecule has 0 heterocycles. The number of rotatable bonds is 6. The molecule has 1 aliphatic carbocycles. The van der Waals surface area contributed by atoms with Gasteiger partial charge in [-0.25, -0.2) is 0 Å². The minimum absolute atomic E-state index is 0.390. The Kier molecular flexibility index (Phi) is 5.01. The second-order valence-corrected chi connectivity index (χ2v) is 5.24. The highest BCUT2D eigenvalue weighted by Gasteiger charge is 2.24. The molecule has 20 heavy (non-hydrogen) atoms. The number of carbonyl (C=O) groups is 1. The van der Waals surface area contributed by atoms with E-state index in [9.17, 15) is 4.79 Å². The molecule has 2 rings (SSSR count). The molecule has 4 nitrogen and oxygen atoms in total. The number of ether oxygens (including phenoxy) is 1. The summed E-state index contributed by atoms with van der Waals surface area (Å²) >= 11 is 0. The Morgan fingerprint density at radius 3 is 2.95 bits per heavy atom. The van der Waals surface area contributed by atoms with Crippen molar-refractivity contribution in [2.24, 2.45) is 5.73 Å². The molecule has 3 N–H and O–H groups in total. The monoisotopic (exact) mass is 276 g/mol. The van der Waals surface area contributed by atoms with E-state index in [1.54, 1.807) is 0 Å². The Hall–Kier alpha value is -1.55. The summed E-state index contributed by atoms with van der Waals surface area (Å²) in [6.45, 7) is 4.98. The largest absolute Gasteiger partial charge is 0.480 e. The Morgan fingerprint density at radius 2 is 2.30 bits per heavy atom. The maximum Gasteiger partial charge on any atom is 0.258 e. The second kappa shape index (κ2) is 6.75. The number of fused-ring (bicyclic) bond motifs is 1. The molecule has 1 aromatic rings. The van der Waals surface area contributed by atoms with E-state index in [-0.39, 0.29) is 0 Å². The van der Waals surface area contributed by atoms with Crippen molar-refractivity contribution in [3.8, 4) is 5.75 Å². The van der Waals surface area contributed by atoms with Gasteiger partial charge in [0.25, 0.3) is 5.91 Å². The number of hydrogen-bond acceptors (Lipinski definition) is 3. The second-order valence-electron chi connectivity index (χ2n) is 5.24. The van der Waals surface area contributed by atoms with E-state index in [4.69, 9.17) is 10.5 Å². The van der Waals surface area contributed by atoms with Crippen molar-refractivity contribution in [3.05, 3.63) is 29.3 Å². The molecule has 0 aliphatic heterocycles. The van der Waals surface area contributed by atoms with Crippen LogP contribution in [-0.2, 0) is 11.2 Å². The van der Waals surface area contributed by atoms with Gasteiger partial charge in [0.2, 0.25) is 0 Å². The quantitative estimate of drug-likeness (QED) is 0.838. The zero-order valence-electron chi connectivity index (χ0n) is 12.3. The molecule has 1 aromatic carbocycles. The molecule has 0 fully saturated rings. The number of benzene rings is 1. The minimum atomic E-state index is -0.541. The van der Waals surface area contributed by atoms with E-state index < -0.39 is 12.0 Å².